The molecule has 1 aromatic rings. The maximum absolute atomic E-state index is 11.9. The zero-order valence-electron chi connectivity index (χ0n) is 11.1. The molecule has 1 saturated heterocycles. The van der Waals surface area contributed by atoms with Crippen LogP contribution in [0.15, 0.2) is 18.2 Å². The highest BCUT2D eigenvalue weighted by Crippen LogP contribution is 2.22. The highest BCUT2D eigenvalue weighted by atomic mass is 35.5. The fourth-order valence-electron chi connectivity index (χ4n) is 2.16. The zero-order chi connectivity index (χ0) is 15.4. The first-order valence-corrected chi connectivity index (χ1v) is 7.31. The van der Waals surface area contributed by atoms with Crippen LogP contribution in [0.25, 0.3) is 0 Å². The molecule has 0 radical (unpaired) electrons. The molecule has 2 atom stereocenters. The summed E-state index contributed by atoms with van der Waals surface area (Å²) in [6.07, 6.45) is 0.940. The fraction of sp³-hybridized carbons (Fsp3) is 0.429. The van der Waals surface area contributed by atoms with Crippen molar-refractivity contribution in [3.63, 3.8) is 0 Å². The zero-order valence-corrected chi connectivity index (χ0v) is 12.7. The van der Waals surface area contributed by atoms with Crippen LogP contribution >= 0.6 is 23.2 Å². The number of carboxylic acids is 1. The van der Waals surface area contributed by atoms with Crippen molar-refractivity contribution in [2.24, 2.45) is 0 Å². The molecule has 0 spiro atoms. The number of halogens is 2. The van der Waals surface area contributed by atoms with Crippen LogP contribution in [0, 0.1) is 0 Å². The number of carboxylic acid groups (broad SMARTS) is 1. The van der Waals surface area contributed by atoms with Crippen LogP contribution in [0.4, 0.5) is 0 Å². The minimum Gasteiger partial charge on any atom is -0.480 e. The van der Waals surface area contributed by atoms with Crippen molar-refractivity contribution in [2.75, 3.05) is 6.61 Å². The van der Waals surface area contributed by atoms with Gasteiger partial charge in [0.2, 0.25) is 5.91 Å². The van der Waals surface area contributed by atoms with Crippen molar-refractivity contribution < 1.29 is 19.4 Å². The van der Waals surface area contributed by atoms with Crippen LogP contribution < -0.4 is 5.32 Å². The number of amides is 1. The van der Waals surface area contributed by atoms with E-state index in [2.05, 4.69) is 5.32 Å². The summed E-state index contributed by atoms with van der Waals surface area (Å²) in [4.78, 5) is 23.2. The van der Waals surface area contributed by atoms with E-state index >= 15 is 0 Å². The summed E-state index contributed by atoms with van der Waals surface area (Å²) in [6.45, 7) is 0.527. The number of carbonyl (C=O) groups is 2. The molecular weight excluding hydrogens is 317 g/mol. The van der Waals surface area contributed by atoms with Crippen molar-refractivity contribution in [3.8, 4) is 0 Å². The first-order chi connectivity index (χ1) is 9.97. The minimum absolute atomic E-state index is 0.0871. The lowest BCUT2D eigenvalue weighted by atomic mass is 10.1. The maximum Gasteiger partial charge on any atom is 0.326 e. The SMILES string of the molecule is O=C(O)[C@H](Cc1ccc(Cl)cc1Cl)NC(=O)[C@H]1CCCO1. The van der Waals surface area contributed by atoms with E-state index in [1.54, 1.807) is 18.2 Å². The number of nitrogens with one attached hydrogen (secondary N) is 1. The molecule has 0 unspecified atom stereocenters. The van der Waals surface area contributed by atoms with Gasteiger partial charge in [-0.15, -0.1) is 0 Å². The van der Waals surface area contributed by atoms with Crippen molar-refractivity contribution >= 4 is 35.1 Å². The van der Waals surface area contributed by atoms with E-state index in [0.29, 0.717) is 28.6 Å². The molecule has 1 amide bonds. The molecular formula is C14H15Cl2NO4. The smallest absolute Gasteiger partial charge is 0.326 e. The molecule has 1 fully saturated rings. The molecule has 1 aromatic carbocycles. The van der Waals surface area contributed by atoms with Gasteiger partial charge in [0, 0.05) is 23.1 Å². The van der Waals surface area contributed by atoms with Gasteiger partial charge in [-0.2, -0.15) is 0 Å². The predicted octanol–water partition coefficient (Wildman–Crippen LogP) is 2.28. The summed E-state index contributed by atoms with van der Waals surface area (Å²) in [5.41, 5.74) is 0.612. The van der Waals surface area contributed by atoms with Gasteiger partial charge in [-0.05, 0) is 30.5 Å². The third-order valence-electron chi connectivity index (χ3n) is 3.28. The van der Waals surface area contributed by atoms with Crippen LogP contribution in [0.5, 0.6) is 0 Å². The molecule has 21 heavy (non-hydrogen) atoms. The van der Waals surface area contributed by atoms with Gasteiger partial charge in [-0.25, -0.2) is 4.79 Å². The average Bonchev–Trinajstić information content (AvgIpc) is 2.94. The van der Waals surface area contributed by atoms with E-state index in [1.165, 1.54) is 0 Å². The summed E-state index contributed by atoms with van der Waals surface area (Å²) >= 11 is 11.8. The van der Waals surface area contributed by atoms with Crippen molar-refractivity contribution in [3.05, 3.63) is 33.8 Å². The molecule has 1 heterocycles. The standard InChI is InChI=1S/C14H15Cl2NO4/c15-9-4-3-8(10(16)7-9)6-11(14(19)20)17-13(18)12-2-1-5-21-12/h3-4,7,11-12H,1-2,5-6H2,(H,17,18)(H,19,20)/t11-,12+/m0/s1. The van der Waals surface area contributed by atoms with Crippen LogP contribution in [0.3, 0.4) is 0 Å². The lowest BCUT2D eigenvalue weighted by molar-refractivity contribution is -0.143. The largest absolute Gasteiger partial charge is 0.480 e. The van der Waals surface area contributed by atoms with E-state index in [4.69, 9.17) is 27.9 Å². The van der Waals surface area contributed by atoms with Crippen molar-refractivity contribution in [1.29, 1.82) is 0 Å². The fourth-order valence-corrected chi connectivity index (χ4v) is 2.64. The molecule has 5 nitrogen and oxygen atoms in total. The second-order valence-corrected chi connectivity index (χ2v) is 5.68. The van der Waals surface area contributed by atoms with Crippen LogP contribution in [0.2, 0.25) is 10.0 Å². The highest BCUT2D eigenvalue weighted by Gasteiger charge is 2.28. The quantitative estimate of drug-likeness (QED) is 0.867. The van der Waals surface area contributed by atoms with E-state index < -0.39 is 24.0 Å². The van der Waals surface area contributed by atoms with Crippen LogP contribution in [-0.4, -0.2) is 35.7 Å². The lowest BCUT2D eigenvalue weighted by Gasteiger charge is -2.17. The Labute approximate surface area is 132 Å². The molecule has 1 aliphatic rings. The van der Waals surface area contributed by atoms with E-state index in [1.807, 2.05) is 0 Å². The third-order valence-corrected chi connectivity index (χ3v) is 3.86. The number of rotatable bonds is 5. The molecule has 114 valence electrons. The second kappa shape index (κ2) is 7.11. The molecule has 2 N–H and O–H groups in total. The lowest BCUT2D eigenvalue weighted by Crippen LogP contribution is -2.46. The molecule has 0 bridgehead atoms. The normalized spacial score (nSPS) is 19.2. The number of ether oxygens (including phenoxy) is 1. The van der Waals surface area contributed by atoms with Crippen LogP contribution in [-0.2, 0) is 20.7 Å². The van der Waals surface area contributed by atoms with E-state index in [-0.39, 0.29) is 6.42 Å². The highest BCUT2D eigenvalue weighted by molar-refractivity contribution is 6.35. The first-order valence-electron chi connectivity index (χ1n) is 6.56. The molecule has 7 heteroatoms. The van der Waals surface area contributed by atoms with Gasteiger partial charge in [0.15, 0.2) is 0 Å². The minimum atomic E-state index is -1.12. The van der Waals surface area contributed by atoms with Gasteiger partial charge < -0.3 is 15.2 Å². The topological polar surface area (TPSA) is 75.6 Å². The second-order valence-electron chi connectivity index (χ2n) is 4.84. The van der Waals surface area contributed by atoms with Gasteiger partial charge in [0.05, 0.1) is 0 Å². The van der Waals surface area contributed by atoms with Gasteiger partial charge >= 0.3 is 5.97 Å². The Kier molecular flexibility index (Phi) is 5.45. The van der Waals surface area contributed by atoms with Gasteiger partial charge in [0.1, 0.15) is 12.1 Å². The van der Waals surface area contributed by atoms with Gasteiger partial charge in [0.25, 0.3) is 0 Å². The van der Waals surface area contributed by atoms with Crippen molar-refractivity contribution in [2.45, 2.75) is 31.4 Å². The van der Waals surface area contributed by atoms with Crippen LogP contribution in [0.1, 0.15) is 18.4 Å². The summed E-state index contributed by atoms with van der Waals surface area (Å²) in [6, 6.07) is 3.77. The van der Waals surface area contributed by atoms with Gasteiger partial charge in [-0.3, -0.25) is 4.79 Å². The molecule has 1 aliphatic heterocycles. The Morgan fingerprint density at radius 1 is 1.43 bits per heavy atom. The molecule has 2 rings (SSSR count). The molecule has 0 saturated carbocycles. The predicted molar refractivity (Wildman–Crippen MR) is 78.7 cm³/mol. The Balaban J connectivity index is 2.04. The molecule has 0 aromatic heterocycles. The van der Waals surface area contributed by atoms with E-state index in [9.17, 15) is 14.7 Å². The maximum atomic E-state index is 11.9. The summed E-state index contributed by atoms with van der Waals surface area (Å²) in [5, 5.41) is 12.6. The number of benzene rings is 1. The number of hydrogen-bond acceptors (Lipinski definition) is 3. The molecule has 0 aliphatic carbocycles. The number of aliphatic carboxylic acids is 1. The Morgan fingerprint density at radius 3 is 2.76 bits per heavy atom. The third kappa shape index (κ3) is 4.33. The number of carbonyl (C=O) groups excluding carboxylic acids is 1. The Hall–Kier alpha value is -1.30. The monoisotopic (exact) mass is 331 g/mol. The summed E-state index contributed by atoms with van der Waals surface area (Å²) in [5.74, 6) is -1.52. The Bertz CT molecular complexity index is 544. The number of hydrogen-bond donors (Lipinski definition) is 2. The van der Waals surface area contributed by atoms with E-state index in [0.717, 1.165) is 6.42 Å². The van der Waals surface area contributed by atoms with Gasteiger partial charge in [-0.1, -0.05) is 29.3 Å². The summed E-state index contributed by atoms with van der Waals surface area (Å²) in [7, 11) is 0. The Morgan fingerprint density at radius 2 is 2.19 bits per heavy atom. The summed E-state index contributed by atoms with van der Waals surface area (Å²) < 4.78 is 5.24. The first kappa shape index (κ1) is 16.1. The average molecular weight is 332 g/mol. The van der Waals surface area contributed by atoms with Crippen molar-refractivity contribution in [1.82, 2.24) is 5.32 Å².